The van der Waals surface area contributed by atoms with Gasteiger partial charge in [-0.2, -0.15) is 5.10 Å². The Morgan fingerprint density at radius 2 is 2.20 bits per heavy atom. The molecule has 6 heteroatoms. The summed E-state index contributed by atoms with van der Waals surface area (Å²) >= 11 is 0. The van der Waals surface area contributed by atoms with Crippen molar-refractivity contribution in [2.75, 3.05) is 6.61 Å². The zero-order chi connectivity index (χ0) is 14.3. The summed E-state index contributed by atoms with van der Waals surface area (Å²) in [5.41, 5.74) is 2.29. The molecule has 106 valence electrons. The van der Waals surface area contributed by atoms with Gasteiger partial charge in [0, 0.05) is 12.2 Å². The van der Waals surface area contributed by atoms with Gasteiger partial charge in [0.1, 0.15) is 5.39 Å². The molecule has 1 saturated heterocycles. The van der Waals surface area contributed by atoms with Crippen LogP contribution in [0.2, 0.25) is 0 Å². The van der Waals surface area contributed by atoms with Crippen LogP contribution in [0.3, 0.4) is 0 Å². The highest BCUT2D eigenvalue weighted by Crippen LogP contribution is 2.34. The van der Waals surface area contributed by atoms with Gasteiger partial charge in [-0.05, 0) is 39.2 Å². The Kier molecular flexibility index (Phi) is 3.17. The molecule has 1 aromatic carbocycles. The minimum Gasteiger partial charge on any atom is -0.356 e. The first-order chi connectivity index (χ1) is 9.59. The van der Waals surface area contributed by atoms with Crippen molar-refractivity contribution >= 4 is 16.6 Å². The molecule has 1 unspecified atom stereocenters. The van der Waals surface area contributed by atoms with E-state index in [-0.39, 0.29) is 16.8 Å². The Morgan fingerprint density at radius 3 is 2.85 bits per heavy atom. The summed E-state index contributed by atoms with van der Waals surface area (Å²) < 4.78 is 7.55. The third kappa shape index (κ3) is 1.96. The summed E-state index contributed by atoms with van der Waals surface area (Å²) in [7, 11) is 0. The van der Waals surface area contributed by atoms with Crippen molar-refractivity contribution in [3.63, 3.8) is 0 Å². The van der Waals surface area contributed by atoms with Gasteiger partial charge >= 0.3 is 0 Å². The van der Waals surface area contributed by atoms with Gasteiger partial charge in [-0.3, -0.25) is 10.1 Å². The van der Waals surface area contributed by atoms with E-state index < -0.39 is 0 Å². The fraction of sp³-hybridized carbons (Fsp3) is 0.500. The van der Waals surface area contributed by atoms with Crippen LogP contribution in [0.15, 0.2) is 12.1 Å². The Hall–Kier alpha value is -1.95. The van der Waals surface area contributed by atoms with E-state index in [1.807, 2.05) is 13.0 Å². The Labute approximate surface area is 116 Å². The van der Waals surface area contributed by atoms with Crippen molar-refractivity contribution in [3.05, 3.63) is 33.5 Å². The number of benzene rings is 1. The predicted octanol–water partition coefficient (Wildman–Crippen LogP) is 3.26. The van der Waals surface area contributed by atoms with E-state index in [0.29, 0.717) is 16.6 Å². The van der Waals surface area contributed by atoms with Crippen molar-refractivity contribution in [1.82, 2.24) is 9.78 Å². The molecule has 0 saturated carbocycles. The minimum atomic E-state index is -0.321. The number of fused-ring (bicyclic) bond motifs is 1. The lowest BCUT2D eigenvalue weighted by atomic mass is 10.1. The van der Waals surface area contributed by atoms with Crippen molar-refractivity contribution in [2.24, 2.45) is 0 Å². The number of nitrogens with zero attached hydrogens (tertiary/aromatic N) is 3. The van der Waals surface area contributed by atoms with Crippen LogP contribution in [-0.4, -0.2) is 21.3 Å². The highest BCUT2D eigenvalue weighted by atomic mass is 16.6. The average molecular weight is 275 g/mol. The molecular weight excluding hydrogens is 258 g/mol. The third-order valence-corrected chi connectivity index (χ3v) is 3.84. The molecule has 0 aliphatic carbocycles. The maximum Gasteiger partial charge on any atom is 0.283 e. The first kappa shape index (κ1) is 13.1. The summed E-state index contributed by atoms with van der Waals surface area (Å²) in [6.45, 7) is 4.29. The molecule has 1 fully saturated rings. The number of nitro benzene ring substituents is 1. The first-order valence-corrected chi connectivity index (χ1v) is 6.84. The van der Waals surface area contributed by atoms with Crippen LogP contribution in [-0.2, 0) is 4.74 Å². The molecular formula is C14H17N3O3. The predicted molar refractivity (Wildman–Crippen MR) is 74.7 cm³/mol. The normalized spacial score (nSPS) is 19.4. The molecule has 0 radical (unpaired) electrons. The van der Waals surface area contributed by atoms with Gasteiger partial charge in [0.25, 0.3) is 5.69 Å². The van der Waals surface area contributed by atoms with Crippen LogP contribution in [0.5, 0.6) is 0 Å². The van der Waals surface area contributed by atoms with E-state index in [9.17, 15) is 10.1 Å². The van der Waals surface area contributed by atoms with Crippen molar-refractivity contribution in [2.45, 2.75) is 39.3 Å². The molecule has 20 heavy (non-hydrogen) atoms. The smallest absolute Gasteiger partial charge is 0.283 e. The number of ether oxygens (including phenoxy) is 1. The van der Waals surface area contributed by atoms with E-state index in [4.69, 9.17) is 4.74 Å². The standard InChI is InChI=1S/C14H17N3O3/c1-9-6-7-11-13(14(9)17(18)19)10(2)15-16(11)12-5-3-4-8-20-12/h6-7,12H,3-5,8H2,1-2H3. The summed E-state index contributed by atoms with van der Waals surface area (Å²) in [4.78, 5) is 11.0. The minimum absolute atomic E-state index is 0.109. The monoisotopic (exact) mass is 275 g/mol. The molecule has 1 atom stereocenters. The number of aromatic nitrogens is 2. The van der Waals surface area contributed by atoms with Crippen LogP contribution in [0.4, 0.5) is 5.69 Å². The molecule has 2 aromatic rings. The lowest BCUT2D eigenvalue weighted by Gasteiger charge is -2.23. The summed E-state index contributed by atoms with van der Waals surface area (Å²) in [6, 6.07) is 3.68. The first-order valence-electron chi connectivity index (χ1n) is 6.84. The summed E-state index contributed by atoms with van der Waals surface area (Å²) in [6.07, 6.45) is 2.95. The number of aryl methyl sites for hydroxylation is 2. The van der Waals surface area contributed by atoms with Crippen LogP contribution < -0.4 is 0 Å². The maximum absolute atomic E-state index is 11.3. The van der Waals surface area contributed by atoms with E-state index >= 15 is 0 Å². The largest absolute Gasteiger partial charge is 0.356 e. The van der Waals surface area contributed by atoms with Crippen molar-refractivity contribution in [3.8, 4) is 0 Å². The molecule has 0 spiro atoms. The summed E-state index contributed by atoms with van der Waals surface area (Å²) in [5, 5.41) is 16.4. The lowest BCUT2D eigenvalue weighted by Crippen LogP contribution is -2.19. The van der Waals surface area contributed by atoms with E-state index in [1.165, 1.54) is 0 Å². The number of rotatable bonds is 2. The summed E-state index contributed by atoms with van der Waals surface area (Å²) in [5.74, 6) is 0. The van der Waals surface area contributed by atoms with Crippen LogP contribution >= 0.6 is 0 Å². The molecule has 0 N–H and O–H groups in total. The third-order valence-electron chi connectivity index (χ3n) is 3.84. The van der Waals surface area contributed by atoms with Gasteiger partial charge < -0.3 is 4.74 Å². The highest BCUT2D eigenvalue weighted by Gasteiger charge is 2.25. The SMILES string of the molecule is Cc1ccc2c(c(C)nn2C2CCCCO2)c1[N+](=O)[O-]. The fourth-order valence-corrected chi connectivity index (χ4v) is 2.87. The van der Waals surface area contributed by atoms with Crippen molar-refractivity contribution < 1.29 is 9.66 Å². The molecule has 6 nitrogen and oxygen atoms in total. The zero-order valence-corrected chi connectivity index (χ0v) is 11.6. The van der Waals surface area contributed by atoms with Crippen molar-refractivity contribution in [1.29, 1.82) is 0 Å². The average Bonchev–Trinajstić information content (AvgIpc) is 2.77. The quantitative estimate of drug-likeness (QED) is 0.623. The van der Waals surface area contributed by atoms with Gasteiger partial charge in [0.2, 0.25) is 0 Å². The van der Waals surface area contributed by atoms with Crippen LogP contribution in [0, 0.1) is 24.0 Å². The van der Waals surface area contributed by atoms with Gasteiger partial charge in [-0.1, -0.05) is 6.07 Å². The Bertz CT molecular complexity index is 672. The van der Waals surface area contributed by atoms with Gasteiger partial charge in [-0.15, -0.1) is 0 Å². The number of hydrogen-bond donors (Lipinski definition) is 0. The van der Waals surface area contributed by atoms with Crippen LogP contribution in [0.1, 0.15) is 36.7 Å². The molecule has 1 aromatic heterocycles. The number of hydrogen-bond acceptors (Lipinski definition) is 4. The molecule has 1 aliphatic rings. The molecule has 2 heterocycles. The van der Waals surface area contributed by atoms with Gasteiger partial charge in [0.05, 0.1) is 16.1 Å². The Balaban J connectivity index is 2.21. The van der Waals surface area contributed by atoms with Gasteiger partial charge in [-0.25, -0.2) is 4.68 Å². The molecule has 0 amide bonds. The molecule has 0 bridgehead atoms. The second-order valence-electron chi connectivity index (χ2n) is 5.23. The second-order valence-corrected chi connectivity index (χ2v) is 5.23. The molecule has 1 aliphatic heterocycles. The van der Waals surface area contributed by atoms with E-state index in [1.54, 1.807) is 17.7 Å². The maximum atomic E-state index is 11.3. The Morgan fingerprint density at radius 1 is 1.40 bits per heavy atom. The topological polar surface area (TPSA) is 70.2 Å². The lowest BCUT2D eigenvalue weighted by molar-refractivity contribution is -0.383. The molecule has 3 rings (SSSR count). The zero-order valence-electron chi connectivity index (χ0n) is 11.6. The van der Waals surface area contributed by atoms with Crippen LogP contribution in [0.25, 0.3) is 10.9 Å². The van der Waals surface area contributed by atoms with E-state index in [0.717, 1.165) is 31.4 Å². The second kappa shape index (κ2) is 4.86. The number of nitro groups is 1. The van der Waals surface area contributed by atoms with Gasteiger partial charge in [0.15, 0.2) is 6.23 Å². The highest BCUT2D eigenvalue weighted by molar-refractivity contribution is 5.92. The fourth-order valence-electron chi connectivity index (χ4n) is 2.87. The van der Waals surface area contributed by atoms with E-state index in [2.05, 4.69) is 5.10 Å².